The van der Waals surface area contributed by atoms with Crippen LogP contribution in [0.1, 0.15) is 18.1 Å². The highest BCUT2D eigenvalue weighted by Crippen LogP contribution is 2.36. The molecule has 2 aliphatic heterocycles. The number of fused-ring (bicyclic) bond motifs is 2. The third kappa shape index (κ3) is 9.29. The van der Waals surface area contributed by atoms with Crippen LogP contribution in [0.5, 0.6) is 0 Å². The second kappa shape index (κ2) is 13.3. The summed E-state index contributed by atoms with van der Waals surface area (Å²) in [6, 6.07) is 7.89. The van der Waals surface area contributed by atoms with Crippen LogP contribution in [0.2, 0.25) is 0 Å². The van der Waals surface area contributed by atoms with Crippen molar-refractivity contribution >= 4 is 57.6 Å². The summed E-state index contributed by atoms with van der Waals surface area (Å²) in [6.07, 6.45) is 10.7. The van der Waals surface area contributed by atoms with E-state index in [9.17, 15) is 51.9 Å². The van der Waals surface area contributed by atoms with E-state index >= 15 is 0 Å². The van der Waals surface area contributed by atoms with Gasteiger partial charge in [-0.3, -0.25) is 18.2 Å². The van der Waals surface area contributed by atoms with Gasteiger partial charge in [0.25, 0.3) is 40.5 Å². The van der Waals surface area contributed by atoms with Crippen molar-refractivity contribution in [3.05, 3.63) is 95.3 Å². The molecule has 18 heteroatoms. The van der Waals surface area contributed by atoms with Crippen molar-refractivity contribution in [2.24, 2.45) is 0 Å². The third-order valence-corrected chi connectivity index (χ3v) is 10.3. The highest BCUT2D eigenvalue weighted by molar-refractivity contribution is 7.86. The fraction of sp³-hybridized carbons (Fsp3) is 0.250. The third-order valence-electron chi connectivity index (χ3n) is 7.16. The molecule has 0 fully saturated rings. The van der Waals surface area contributed by atoms with Crippen LogP contribution in [0.25, 0.3) is 0 Å². The molecule has 0 spiro atoms. The Balaban J connectivity index is 1.56. The van der Waals surface area contributed by atoms with E-state index in [1.54, 1.807) is 52.9 Å². The van der Waals surface area contributed by atoms with E-state index in [0.29, 0.717) is 33.9 Å². The Kier molecular flexibility index (Phi) is 10.2. The van der Waals surface area contributed by atoms with Crippen molar-refractivity contribution in [1.82, 2.24) is 0 Å². The van der Waals surface area contributed by atoms with Crippen molar-refractivity contribution in [2.45, 2.75) is 29.6 Å². The van der Waals surface area contributed by atoms with Crippen molar-refractivity contribution in [2.75, 3.05) is 29.5 Å². The minimum atomic E-state index is -4.45. The fourth-order valence-electron chi connectivity index (χ4n) is 5.06. The molecule has 0 saturated carbocycles. The summed E-state index contributed by atoms with van der Waals surface area (Å²) in [6.45, 7) is 1.59. The number of rotatable bonds is 12. The van der Waals surface area contributed by atoms with Gasteiger partial charge in [0.1, 0.15) is 5.75 Å². The fourth-order valence-corrected chi connectivity index (χ4v) is 6.95. The second-order valence-corrected chi connectivity index (χ2v) is 16.5. The van der Waals surface area contributed by atoms with Gasteiger partial charge in [0.2, 0.25) is 5.69 Å². The van der Waals surface area contributed by atoms with Crippen LogP contribution >= 0.6 is 0 Å². The Morgan fingerprint density at radius 1 is 0.804 bits per heavy atom. The molecule has 0 radical (unpaired) electrons. The SMILES string of the molecule is CC(/C=C/C=C1/Cc2cc(S(=O)(=O)O)ccc2N1CCS(=O)(=O)O)=C\C=C\C1=[N+](CCS(=O)(=O)O)c2ccc(S(=O)(=O)O)cc2C1. The maximum atomic E-state index is 11.6. The Hall–Kier alpha value is -3.49. The topological polar surface area (TPSA) is 224 Å². The van der Waals surface area contributed by atoms with Crippen LogP contribution in [0, 0.1) is 0 Å². The van der Waals surface area contributed by atoms with Crippen LogP contribution < -0.4 is 4.90 Å². The average molecular weight is 716 g/mol. The summed E-state index contributed by atoms with van der Waals surface area (Å²) < 4.78 is 131. The molecule has 2 aromatic carbocycles. The number of benzene rings is 2. The summed E-state index contributed by atoms with van der Waals surface area (Å²) in [5.74, 6) is -1.14. The number of hydrogen-bond acceptors (Lipinski definition) is 9. The van der Waals surface area contributed by atoms with Crippen LogP contribution in [0.15, 0.2) is 93.9 Å². The second-order valence-electron chi connectivity index (χ2n) is 10.5. The smallest absolute Gasteiger partial charge is 0.294 e. The lowest BCUT2D eigenvalue weighted by Gasteiger charge is -2.20. The zero-order valence-corrected chi connectivity index (χ0v) is 27.5. The van der Waals surface area contributed by atoms with Gasteiger partial charge in [-0.25, -0.2) is 0 Å². The van der Waals surface area contributed by atoms with E-state index in [0.717, 1.165) is 5.57 Å². The molecular weight excluding hydrogens is 685 g/mol. The maximum absolute atomic E-state index is 11.6. The highest BCUT2D eigenvalue weighted by Gasteiger charge is 2.31. The summed E-state index contributed by atoms with van der Waals surface area (Å²) in [5, 5.41) is 0. The molecule has 0 aromatic heterocycles. The quantitative estimate of drug-likeness (QED) is 0.141. The van der Waals surface area contributed by atoms with Gasteiger partial charge in [0.05, 0.1) is 22.0 Å². The zero-order chi connectivity index (χ0) is 34.1. The molecule has 0 unspecified atom stereocenters. The Morgan fingerprint density at radius 2 is 1.41 bits per heavy atom. The number of nitrogens with zero attached hydrogens (tertiary/aromatic N) is 2. The molecule has 4 N–H and O–H groups in total. The molecule has 0 bridgehead atoms. The van der Waals surface area contributed by atoms with Gasteiger partial charge < -0.3 is 4.90 Å². The first kappa shape index (κ1) is 35.4. The first-order valence-electron chi connectivity index (χ1n) is 13.5. The van der Waals surface area contributed by atoms with E-state index in [4.69, 9.17) is 0 Å². The summed E-state index contributed by atoms with van der Waals surface area (Å²) >= 11 is 0. The zero-order valence-electron chi connectivity index (χ0n) is 24.3. The molecule has 0 aliphatic carbocycles. The lowest BCUT2D eigenvalue weighted by molar-refractivity contribution is -0.431. The lowest BCUT2D eigenvalue weighted by atomic mass is 10.1. The van der Waals surface area contributed by atoms with E-state index < -0.39 is 52.0 Å². The molecule has 0 saturated heterocycles. The van der Waals surface area contributed by atoms with Crippen LogP contribution in [0.3, 0.4) is 0 Å². The van der Waals surface area contributed by atoms with E-state index in [2.05, 4.69) is 0 Å². The van der Waals surface area contributed by atoms with Gasteiger partial charge in [0.15, 0.2) is 12.3 Å². The Labute approximate surface area is 267 Å². The summed E-state index contributed by atoms with van der Waals surface area (Å²) in [4.78, 5) is 1.02. The summed E-state index contributed by atoms with van der Waals surface area (Å²) in [7, 11) is -17.5. The van der Waals surface area contributed by atoms with Gasteiger partial charge in [-0.15, -0.1) is 0 Å². The average Bonchev–Trinajstić information content (AvgIpc) is 3.45. The number of hydrogen-bond donors (Lipinski definition) is 4. The minimum absolute atomic E-state index is 0.102. The van der Waals surface area contributed by atoms with Crippen LogP contribution in [-0.2, 0) is 53.3 Å². The number of allylic oxidation sites excluding steroid dienone is 8. The van der Waals surface area contributed by atoms with Crippen molar-refractivity contribution in [3.63, 3.8) is 0 Å². The number of anilines is 1. The normalized spacial score (nSPS) is 17.1. The molecule has 2 aromatic rings. The summed E-state index contributed by atoms with van der Waals surface area (Å²) in [5.41, 5.74) is 4.13. The van der Waals surface area contributed by atoms with E-state index in [1.165, 1.54) is 36.4 Å². The molecule has 46 heavy (non-hydrogen) atoms. The molecule has 4 rings (SSSR count). The van der Waals surface area contributed by atoms with Crippen molar-refractivity contribution < 1.29 is 56.5 Å². The minimum Gasteiger partial charge on any atom is -0.343 e. The van der Waals surface area contributed by atoms with Gasteiger partial charge in [-0.2, -0.15) is 38.2 Å². The van der Waals surface area contributed by atoms with Gasteiger partial charge in [-0.05, 0) is 48.9 Å². The predicted molar refractivity (Wildman–Crippen MR) is 170 cm³/mol. The highest BCUT2D eigenvalue weighted by atomic mass is 32.2. The van der Waals surface area contributed by atoms with Gasteiger partial charge in [0, 0.05) is 42.1 Å². The molecule has 2 heterocycles. The Bertz CT molecular complexity index is 2160. The molecule has 0 amide bonds. The molecular formula is C28H31N2O12S4+. The Morgan fingerprint density at radius 3 is 2.02 bits per heavy atom. The first-order valence-corrected chi connectivity index (χ1v) is 19.6. The van der Waals surface area contributed by atoms with Gasteiger partial charge in [-0.1, -0.05) is 29.9 Å². The molecule has 14 nitrogen and oxygen atoms in total. The van der Waals surface area contributed by atoms with Crippen molar-refractivity contribution in [1.29, 1.82) is 0 Å². The lowest BCUT2D eigenvalue weighted by Crippen LogP contribution is -2.26. The van der Waals surface area contributed by atoms with Crippen LogP contribution in [0.4, 0.5) is 11.4 Å². The largest absolute Gasteiger partial charge is 0.343 e. The monoisotopic (exact) mass is 715 g/mol. The van der Waals surface area contributed by atoms with Gasteiger partial charge >= 0.3 is 0 Å². The standard InChI is InChI=1S/C28H30N2O12S4/c1-20(4-2-6-23-16-21-18-25(45(37,38)39)8-10-27(21)29(23)12-14-43(31,32)33)5-3-7-24-17-22-19-26(46(40,41)42)9-11-28(22)30(24)13-15-44(34,35)36/h2-11,18-19H,12-17H2,1H3,(H3-,31,32,33,34,35,36,37,38,39,40,41,42)/p+1. The van der Waals surface area contributed by atoms with E-state index in [-0.39, 0.29) is 35.7 Å². The van der Waals surface area contributed by atoms with E-state index in [1.807, 2.05) is 0 Å². The maximum Gasteiger partial charge on any atom is 0.294 e. The first-order chi connectivity index (χ1) is 21.2. The van der Waals surface area contributed by atoms with Crippen LogP contribution in [-0.4, -0.2) is 86.8 Å². The molecule has 248 valence electrons. The molecule has 2 aliphatic rings. The molecule has 0 atom stereocenters. The predicted octanol–water partition coefficient (Wildman–Crippen LogP) is 2.60. The van der Waals surface area contributed by atoms with Crippen molar-refractivity contribution in [3.8, 4) is 0 Å².